The second-order valence-electron chi connectivity index (χ2n) is 9.42. The third-order valence-electron chi connectivity index (χ3n) is 7.20. The third kappa shape index (κ3) is 5.08. The zero-order chi connectivity index (χ0) is 20.2. The van der Waals surface area contributed by atoms with Crippen LogP contribution >= 0.6 is 0 Å². The number of hydrogen-bond acceptors (Lipinski definition) is 5. The van der Waals surface area contributed by atoms with Crippen LogP contribution < -0.4 is 10.2 Å². The van der Waals surface area contributed by atoms with E-state index in [1.54, 1.807) is 0 Å². The molecule has 29 heavy (non-hydrogen) atoms. The molecule has 0 aromatic carbocycles. The molecule has 2 aliphatic heterocycles. The lowest BCUT2D eigenvalue weighted by atomic mass is 9.86. The summed E-state index contributed by atoms with van der Waals surface area (Å²) in [5, 5.41) is 3.19. The molecule has 4 rings (SSSR count). The number of aromatic nitrogens is 2. The van der Waals surface area contributed by atoms with Crippen molar-refractivity contribution in [2.45, 2.75) is 71.3 Å². The van der Waals surface area contributed by atoms with Crippen LogP contribution in [0.4, 0.5) is 5.95 Å². The molecule has 3 heterocycles. The highest BCUT2D eigenvalue weighted by atomic mass is 16.1. The molecule has 1 N–H and O–H groups in total. The van der Waals surface area contributed by atoms with E-state index < -0.39 is 0 Å². The van der Waals surface area contributed by atoms with Gasteiger partial charge in [0.25, 0.3) is 0 Å². The summed E-state index contributed by atoms with van der Waals surface area (Å²) in [6, 6.07) is 0.564. The Morgan fingerprint density at radius 3 is 2.72 bits per heavy atom. The Kier molecular flexibility index (Phi) is 6.68. The molecule has 1 aliphatic carbocycles. The standard InChI is InChI=1S/C23H37N5O/c1-17-8-13-28(14-9-17)23-25-16-20-15-19(5-6-21(20)26-23)22(29)24-10-7-18(2)27-11-3-4-12-27/h16-19H,3-15H2,1-2H3,(H,24,29)/t18-,19-/m0/s1. The van der Waals surface area contributed by atoms with Crippen LogP contribution in [0.25, 0.3) is 0 Å². The maximum absolute atomic E-state index is 12.7. The van der Waals surface area contributed by atoms with Crippen LogP contribution in [0.5, 0.6) is 0 Å². The van der Waals surface area contributed by atoms with Crippen LogP contribution in [0, 0.1) is 11.8 Å². The molecule has 1 aromatic rings. The van der Waals surface area contributed by atoms with Crippen molar-refractivity contribution < 1.29 is 4.79 Å². The molecule has 3 aliphatic rings. The molecule has 6 heteroatoms. The number of carbonyl (C=O) groups excluding carboxylic acids is 1. The van der Waals surface area contributed by atoms with Crippen LogP contribution in [0.2, 0.25) is 0 Å². The fraction of sp³-hybridized carbons (Fsp3) is 0.783. The number of nitrogens with one attached hydrogen (secondary N) is 1. The monoisotopic (exact) mass is 399 g/mol. The molecule has 2 atom stereocenters. The first kappa shape index (κ1) is 20.6. The maximum Gasteiger partial charge on any atom is 0.225 e. The predicted molar refractivity (Wildman–Crippen MR) is 116 cm³/mol. The molecule has 0 radical (unpaired) electrons. The van der Waals surface area contributed by atoms with Gasteiger partial charge in [-0.3, -0.25) is 4.79 Å². The fourth-order valence-electron chi connectivity index (χ4n) is 5.00. The number of nitrogens with zero attached hydrogens (tertiary/aromatic N) is 4. The molecule has 6 nitrogen and oxygen atoms in total. The van der Waals surface area contributed by atoms with Crippen molar-refractivity contribution in [3.05, 3.63) is 17.5 Å². The van der Waals surface area contributed by atoms with E-state index in [1.165, 1.54) is 38.8 Å². The Balaban J connectivity index is 1.26. The van der Waals surface area contributed by atoms with Crippen molar-refractivity contribution in [2.24, 2.45) is 11.8 Å². The van der Waals surface area contributed by atoms with Crippen molar-refractivity contribution in [3.63, 3.8) is 0 Å². The van der Waals surface area contributed by atoms with E-state index in [0.717, 1.165) is 68.4 Å². The van der Waals surface area contributed by atoms with Gasteiger partial charge in [-0.15, -0.1) is 0 Å². The maximum atomic E-state index is 12.7. The second kappa shape index (κ2) is 9.41. The number of anilines is 1. The van der Waals surface area contributed by atoms with E-state index in [0.29, 0.717) is 6.04 Å². The summed E-state index contributed by atoms with van der Waals surface area (Å²) in [4.78, 5) is 27.0. The Morgan fingerprint density at radius 1 is 1.21 bits per heavy atom. The molecule has 2 saturated heterocycles. The number of carbonyl (C=O) groups is 1. The van der Waals surface area contributed by atoms with E-state index in [9.17, 15) is 4.79 Å². The fourth-order valence-corrected chi connectivity index (χ4v) is 5.00. The van der Waals surface area contributed by atoms with Crippen molar-refractivity contribution in [3.8, 4) is 0 Å². The van der Waals surface area contributed by atoms with Crippen LogP contribution in [0.3, 0.4) is 0 Å². The van der Waals surface area contributed by atoms with Gasteiger partial charge >= 0.3 is 0 Å². The third-order valence-corrected chi connectivity index (χ3v) is 7.20. The van der Waals surface area contributed by atoms with Gasteiger partial charge in [0.2, 0.25) is 11.9 Å². The number of piperidine rings is 1. The van der Waals surface area contributed by atoms with E-state index >= 15 is 0 Å². The minimum absolute atomic E-state index is 0.0647. The quantitative estimate of drug-likeness (QED) is 0.797. The highest BCUT2D eigenvalue weighted by Crippen LogP contribution is 2.27. The average molecular weight is 400 g/mol. The summed E-state index contributed by atoms with van der Waals surface area (Å²) in [5.74, 6) is 1.96. The molecule has 0 saturated carbocycles. The first-order chi connectivity index (χ1) is 14.1. The average Bonchev–Trinajstić information content (AvgIpc) is 3.28. The number of aryl methyl sites for hydroxylation is 1. The lowest BCUT2D eigenvalue weighted by Crippen LogP contribution is -2.38. The molecule has 1 aromatic heterocycles. The molecule has 1 amide bonds. The highest BCUT2D eigenvalue weighted by Gasteiger charge is 2.27. The van der Waals surface area contributed by atoms with Gasteiger partial charge in [0.1, 0.15) is 0 Å². The number of hydrogen-bond donors (Lipinski definition) is 1. The minimum atomic E-state index is 0.0647. The van der Waals surface area contributed by atoms with E-state index in [-0.39, 0.29) is 11.8 Å². The zero-order valence-corrected chi connectivity index (χ0v) is 18.2. The van der Waals surface area contributed by atoms with Crippen LogP contribution in [0.15, 0.2) is 6.20 Å². The Labute approximate surface area is 175 Å². The Bertz CT molecular complexity index is 695. The summed E-state index contributed by atoms with van der Waals surface area (Å²) >= 11 is 0. The van der Waals surface area contributed by atoms with Gasteiger partial charge in [-0.05, 0) is 82.9 Å². The van der Waals surface area contributed by atoms with Crippen LogP contribution in [0.1, 0.15) is 63.6 Å². The Hall–Kier alpha value is -1.69. The topological polar surface area (TPSA) is 61.4 Å². The summed E-state index contributed by atoms with van der Waals surface area (Å²) in [7, 11) is 0. The molecular weight excluding hydrogens is 362 g/mol. The number of likely N-dealkylation sites (tertiary alicyclic amines) is 1. The largest absolute Gasteiger partial charge is 0.356 e. The summed E-state index contributed by atoms with van der Waals surface area (Å²) in [6.45, 7) is 9.93. The highest BCUT2D eigenvalue weighted by molar-refractivity contribution is 5.79. The van der Waals surface area contributed by atoms with E-state index in [1.807, 2.05) is 6.20 Å². The van der Waals surface area contributed by atoms with Gasteiger partial charge in [-0.1, -0.05) is 6.92 Å². The summed E-state index contributed by atoms with van der Waals surface area (Å²) in [6.07, 6.45) is 10.7. The number of fused-ring (bicyclic) bond motifs is 1. The van der Waals surface area contributed by atoms with Gasteiger partial charge < -0.3 is 15.1 Å². The number of amides is 1. The van der Waals surface area contributed by atoms with Crippen molar-refractivity contribution in [1.82, 2.24) is 20.2 Å². The number of rotatable bonds is 6. The normalized spacial score (nSPS) is 24.3. The first-order valence-electron chi connectivity index (χ1n) is 11.7. The first-order valence-corrected chi connectivity index (χ1v) is 11.7. The van der Waals surface area contributed by atoms with Gasteiger partial charge in [0.05, 0.1) is 0 Å². The SMILES string of the molecule is CC1CCN(c2ncc3c(n2)CC[C@H](C(=O)NCC[C@H](C)N2CCCC2)C3)CC1. The lowest BCUT2D eigenvalue weighted by Gasteiger charge is -2.31. The van der Waals surface area contributed by atoms with Crippen molar-refractivity contribution in [1.29, 1.82) is 0 Å². The zero-order valence-electron chi connectivity index (χ0n) is 18.2. The van der Waals surface area contributed by atoms with Gasteiger partial charge in [0, 0.05) is 43.5 Å². The molecule has 2 fully saturated rings. The predicted octanol–water partition coefficient (Wildman–Crippen LogP) is 2.81. The molecule has 0 spiro atoms. The molecular formula is C23H37N5O. The minimum Gasteiger partial charge on any atom is -0.356 e. The van der Waals surface area contributed by atoms with E-state index in [4.69, 9.17) is 4.98 Å². The van der Waals surface area contributed by atoms with Gasteiger partial charge in [0.15, 0.2) is 0 Å². The summed E-state index contributed by atoms with van der Waals surface area (Å²) < 4.78 is 0. The molecule has 0 bridgehead atoms. The molecule has 0 unspecified atom stereocenters. The summed E-state index contributed by atoms with van der Waals surface area (Å²) in [5.41, 5.74) is 2.32. The van der Waals surface area contributed by atoms with Crippen molar-refractivity contribution in [2.75, 3.05) is 37.6 Å². The van der Waals surface area contributed by atoms with Crippen LogP contribution in [-0.2, 0) is 17.6 Å². The lowest BCUT2D eigenvalue weighted by molar-refractivity contribution is -0.125. The van der Waals surface area contributed by atoms with E-state index in [2.05, 4.69) is 33.9 Å². The molecule has 160 valence electrons. The smallest absolute Gasteiger partial charge is 0.225 e. The van der Waals surface area contributed by atoms with Gasteiger partial charge in [-0.2, -0.15) is 0 Å². The van der Waals surface area contributed by atoms with Crippen molar-refractivity contribution >= 4 is 11.9 Å². The Morgan fingerprint density at radius 2 is 1.97 bits per heavy atom. The second-order valence-corrected chi connectivity index (χ2v) is 9.42. The van der Waals surface area contributed by atoms with Gasteiger partial charge in [-0.25, -0.2) is 9.97 Å². The van der Waals surface area contributed by atoms with Crippen LogP contribution in [-0.4, -0.2) is 59.5 Å².